The molecule has 0 fully saturated rings. The van der Waals surface area contributed by atoms with E-state index >= 15 is 0 Å². The predicted molar refractivity (Wildman–Crippen MR) is 73.7 cm³/mol. The third-order valence-electron chi connectivity index (χ3n) is 2.72. The lowest BCUT2D eigenvalue weighted by Gasteiger charge is -2.28. The van der Waals surface area contributed by atoms with Gasteiger partial charge in [-0.05, 0) is 26.0 Å². The number of aliphatic hydroxyl groups is 1. The molecule has 1 amide bonds. The maximum atomic E-state index is 11.9. The van der Waals surface area contributed by atoms with Gasteiger partial charge in [0.2, 0.25) is 5.91 Å². The molecule has 0 aliphatic rings. The van der Waals surface area contributed by atoms with Gasteiger partial charge in [-0.3, -0.25) is 4.79 Å². The second kappa shape index (κ2) is 7.88. The average Bonchev–Trinajstić information content (AvgIpc) is 2.82. The van der Waals surface area contributed by atoms with Gasteiger partial charge < -0.3 is 14.4 Å². The number of carbonyl (C=O) groups excluding carboxylic acids is 1. The molecule has 19 heavy (non-hydrogen) atoms. The number of aliphatic hydroxyl groups excluding tert-OH is 1. The van der Waals surface area contributed by atoms with Crippen molar-refractivity contribution in [2.45, 2.75) is 32.9 Å². The monoisotopic (exact) mass is 283 g/mol. The zero-order valence-corrected chi connectivity index (χ0v) is 11.9. The maximum Gasteiger partial charge on any atom is 0.238 e. The van der Waals surface area contributed by atoms with E-state index in [9.17, 15) is 9.90 Å². The highest BCUT2D eigenvalue weighted by Crippen LogP contribution is 2.14. The van der Waals surface area contributed by atoms with E-state index in [1.807, 2.05) is 19.1 Å². The average molecular weight is 284 g/mol. The molecule has 1 aromatic heterocycles. The molecule has 0 aliphatic carbocycles. The van der Waals surface area contributed by atoms with Gasteiger partial charge >= 0.3 is 0 Å². The summed E-state index contributed by atoms with van der Waals surface area (Å²) < 4.78 is 5.45. The molecule has 1 atom stereocenters. The molecular formula is C14H18ClNO3. The highest BCUT2D eigenvalue weighted by molar-refractivity contribution is 6.27. The zero-order chi connectivity index (χ0) is 14.3. The molecule has 1 aromatic rings. The molecule has 0 spiro atoms. The van der Waals surface area contributed by atoms with E-state index in [0.717, 1.165) is 5.76 Å². The summed E-state index contributed by atoms with van der Waals surface area (Å²) in [7, 11) is 0. The molecule has 4 nitrogen and oxygen atoms in total. The van der Waals surface area contributed by atoms with E-state index in [1.54, 1.807) is 6.92 Å². The number of amides is 1. The van der Waals surface area contributed by atoms with Crippen LogP contribution in [-0.2, 0) is 11.3 Å². The largest absolute Gasteiger partial charge is 0.464 e. The summed E-state index contributed by atoms with van der Waals surface area (Å²) in [5, 5.41) is 9.42. The Morgan fingerprint density at radius 2 is 2.32 bits per heavy atom. The first-order chi connectivity index (χ1) is 9.12. The van der Waals surface area contributed by atoms with Crippen molar-refractivity contribution in [2.24, 2.45) is 0 Å². The number of furan rings is 1. The number of alkyl halides is 1. The number of aryl methyl sites for hydroxylation is 1. The van der Waals surface area contributed by atoms with Crippen molar-refractivity contribution >= 4 is 17.5 Å². The highest BCUT2D eigenvalue weighted by atomic mass is 35.5. The van der Waals surface area contributed by atoms with E-state index < -0.39 is 0 Å². The molecule has 0 aliphatic heterocycles. The summed E-state index contributed by atoms with van der Waals surface area (Å²) >= 11 is 5.61. The predicted octanol–water partition coefficient (Wildman–Crippen LogP) is 1.93. The van der Waals surface area contributed by atoms with Gasteiger partial charge in [-0.2, -0.15) is 0 Å². The van der Waals surface area contributed by atoms with E-state index in [0.29, 0.717) is 12.2 Å². The molecule has 0 saturated heterocycles. The van der Waals surface area contributed by atoms with Crippen molar-refractivity contribution in [3.05, 3.63) is 23.7 Å². The standard InChI is InChI=1S/C14H18ClNO3/c1-3-4-5-12(10-17)16(14(18)8-15)9-13-7-6-11(2)19-13/h6-7,12,17H,5,8-10H2,1-2H3. The van der Waals surface area contributed by atoms with Gasteiger partial charge in [0.1, 0.15) is 17.4 Å². The number of hydrogen-bond acceptors (Lipinski definition) is 3. The van der Waals surface area contributed by atoms with E-state index in [-0.39, 0.29) is 31.0 Å². The lowest BCUT2D eigenvalue weighted by Crippen LogP contribution is -2.42. The van der Waals surface area contributed by atoms with Gasteiger partial charge in [0.25, 0.3) is 0 Å². The van der Waals surface area contributed by atoms with Crippen LogP contribution in [0.1, 0.15) is 24.9 Å². The van der Waals surface area contributed by atoms with Crippen LogP contribution in [-0.4, -0.2) is 34.4 Å². The molecule has 1 N–H and O–H groups in total. The van der Waals surface area contributed by atoms with E-state index in [2.05, 4.69) is 11.8 Å². The zero-order valence-electron chi connectivity index (χ0n) is 11.1. The molecule has 1 unspecified atom stereocenters. The summed E-state index contributed by atoms with van der Waals surface area (Å²) in [5.41, 5.74) is 0. The number of rotatable bonds is 6. The molecule has 0 bridgehead atoms. The first-order valence-electron chi connectivity index (χ1n) is 6.03. The Labute approximate surface area is 118 Å². The molecule has 1 heterocycles. The van der Waals surface area contributed by atoms with E-state index in [1.165, 1.54) is 4.90 Å². The Morgan fingerprint density at radius 1 is 1.58 bits per heavy atom. The minimum absolute atomic E-state index is 0.129. The minimum atomic E-state index is -0.371. The third-order valence-corrected chi connectivity index (χ3v) is 2.95. The van der Waals surface area contributed by atoms with Gasteiger partial charge in [0.15, 0.2) is 0 Å². The minimum Gasteiger partial charge on any atom is -0.464 e. The number of nitrogens with zero attached hydrogens (tertiary/aromatic N) is 1. The van der Waals surface area contributed by atoms with Crippen molar-refractivity contribution in [3.8, 4) is 11.8 Å². The summed E-state index contributed by atoms with van der Waals surface area (Å²) in [5.74, 6) is 6.70. The van der Waals surface area contributed by atoms with Crippen LogP contribution in [0.3, 0.4) is 0 Å². The van der Waals surface area contributed by atoms with Crippen LogP contribution in [0.25, 0.3) is 0 Å². The second-order valence-electron chi connectivity index (χ2n) is 4.13. The van der Waals surface area contributed by atoms with Crippen molar-refractivity contribution in [1.29, 1.82) is 0 Å². The summed E-state index contributed by atoms with van der Waals surface area (Å²) in [4.78, 5) is 13.4. The van der Waals surface area contributed by atoms with Gasteiger partial charge in [-0.1, -0.05) is 0 Å². The summed E-state index contributed by atoms with van der Waals surface area (Å²) in [6, 6.07) is 3.27. The SMILES string of the molecule is CC#CCC(CO)N(Cc1ccc(C)o1)C(=O)CCl. The topological polar surface area (TPSA) is 53.7 Å². The molecule has 0 aromatic carbocycles. The molecule has 0 saturated carbocycles. The maximum absolute atomic E-state index is 11.9. The quantitative estimate of drug-likeness (QED) is 0.641. The third kappa shape index (κ3) is 4.62. The summed E-state index contributed by atoms with van der Waals surface area (Å²) in [6.45, 7) is 3.69. The smallest absolute Gasteiger partial charge is 0.238 e. The molecule has 104 valence electrons. The van der Waals surface area contributed by atoms with Crippen LogP contribution < -0.4 is 0 Å². The normalized spacial score (nSPS) is 11.6. The Kier molecular flexibility index (Phi) is 6.48. The van der Waals surface area contributed by atoms with Crippen LogP contribution in [0.15, 0.2) is 16.5 Å². The van der Waals surface area contributed by atoms with Gasteiger partial charge in [-0.25, -0.2) is 0 Å². The Morgan fingerprint density at radius 3 is 2.79 bits per heavy atom. The number of halogens is 1. The highest BCUT2D eigenvalue weighted by Gasteiger charge is 2.23. The lowest BCUT2D eigenvalue weighted by atomic mass is 10.1. The van der Waals surface area contributed by atoms with Crippen molar-refractivity contribution in [2.75, 3.05) is 12.5 Å². The van der Waals surface area contributed by atoms with Crippen molar-refractivity contribution in [1.82, 2.24) is 4.90 Å². The van der Waals surface area contributed by atoms with E-state index in [4.69, 9.17) is 16.0 Å². The second-order valence-corrected chi connectivity index (χ2v) is 4.40. The van der Waals surface area contributed by atoms with Crippen molar-refractivity contribution < 1.29 is 14.3 Å². The number of hydrogen-bond donors (Lipinski definition) is 1. The molecule has 5 heteroatoms. The summed E-state index contributed by atoms with van der Waals surface area (Å²) in [6.07, 6.45) is 0.412. The van der Waals surface area contributed by atoms with Crippen molar-refractivity contribution in [3.63, 3.8) is 0 Å². The van der Waals surface area contributed by atoms with Crippen LogP contribution in [0.2, 0.25) is 0 Å². The lowest BCUT2D eigenvalue weighted by molar-refractivity contribution is -0.132. The molecule has 0 radical (unpaired) electrons. The Bertz CT molecular complexity index is 473. The van der Waals surface area contributed by atoms with Crippen LogP contribution in [0.4, 0.5) is 0 Å². The molecule has 1 rings (SSSR count). The van der Waals surface area contributed by atoms with Crippen LogP contribution >= 0.6 is 11.6 Å². The van der Waals surface area contributed by atoms with Gasteiger partial charge in [0, 0.05) is 6.42 Å². The first kappa shape index (κ1) is 15.6. The van der Waals surface area contributed by atoms with Crippen LogP contribution in [0.5, 0.6) is 0 Å². The fraction of sp³-hybridized carbons (Fsp3) is 0.500. The first-order valence-corrected chi connectivity index (χ1v) is 6.57. The van der Waals surface area contributed by atoms with Gasteiger partial charge in [-0.15, -0.1) is 23.4 Å². The molecular weight excluding hydrogens is 266 g/mol. The van der Waals surface area contributed by atoms with Crippen LogP contribution in [0, 0.1) is 18.8 Å². The Balaban J connectivity index is 2.85. The fourth-order valence-corrected chi connectivity index (χ4v) is 1.88. The Hall–Kier alpha value is -1.44. The van der Waals surface area contributed by atoms with Gasteiger partial charge in [0.05, 0.1) is 19.2 Å². The number of carbonyl (C=O) groups is 1. The fourth-order valence-electron chi connectivity index (χ4n) is 1.73.